The van der Waals surface area contributed by atoms with E-state index in [0.717, 1.165) is 35.2 Å². The van der Waals surface area contributed by atoms with Crippen molar-refractivity contribution in [1.82, 2.24) is 20.5 Å². The quantitative estimate of drug-likeness (QED) is 0.437. The molecule has 2 aromatic rings. The van der Waals surface area contributed by atoms with Gasteiger partial charge < -0.3 is 15.4 Å². The van der Waals surface area contributed by atoms with Gasteiger partial charge in [0.05, 0.1) is 40.6 Å². The number of rotatable bonds is 10. The molecule has 1 aromatic heterocycles. The first-order chi connectivity index (χ1) is 15.4. The smallest absolute Gasteiger partial charge is 0.230 e. The van der Waals surface area contributed by atoms with Crippen molar-refractivity contribution < 1.29 is 14.3 Å². The molecule has 2 amide bonds. The molecule has 1 atom stereocenters. The van der Waals surface area contributed by atoms with Crippen LogP contribution in [-0.2, 0) is 27.3 Å². The van der Waals surface area contributed by atoms with Gasteiger partial charge in [0, 0.05) is 38.1 Å². The Kier molecular flexibility index (Phi) is 12.3. The van der Waals surface area contributed by atoms with Crippen molar-refractivity contribution >= 4 is 70.5 Å². The zero-order chi connectivity index (χ0) is 22.9. The lowest BCUT2D eigenvalue weighted by Crippen LogP contribution is -2.47. The van der Waals surface area contributed by atoms with Crippen molar-refractivity contribution in [2.75, 3.05) is 38.5 Å². The molecular weight excluding hydrogens is 527 g/mol. The SMILES string of the molecule is CCNC(=O)Cc1csc(SCC(=O)NCC2CN(Cc3ccc(Cl)c(Cl)c3)CCO2)n1.Cl. The number of morpholine rings is 1. The maximum absolute atomic E-state index is 12.3. The Balaban J connectivity index is 0.00000385. The van der Waals surface area contributed by atoms with Gasteiger partial charge in [0.25, 0.3) is 0 Å². The number of hydrogen-bond donors (Lipinski definition) is 2. The molecule has 1 aliphatic heterocycles. The molecule has 0 radical (unpaired) electrons. The standard InChI is InChI=1S/C21H26Cl2N4O3S2.ClH/c1-2-24-19(28)8-15-12-31-21(26-15)32-13-20(29)25-9-16-11-27(5-6-30-16)10-14-3-4-17(22)18(23)7-14;/h3-4,7,12,16H,2,5-6,8-11,13H2,1H3,(H,24,28)(H,25,29);1H. The normalized spacial score (nSPS) is 16.2. The molecule has 0 aliphatic carbocycles. The molecule has 182 valence electrons. The van der Waals surface area contributed by atoms with Gasteiger partial charge in [-0.15, -0.1) is 23.7 Å². The summed E-state index contributed by atoms with van der Waals surface area (Å²) in [5, 5.41) is 8.65. The molecule has 0 spiro atoms. The number of nitrogens with zero attached hydrogens (tertiary/aromatic N) is 2. The fraction of sp³-hybridized carbons (Fsp3) is 0.476. The third kappa shape index (κ3) is 9.60. The Morgan fingerprint density at radius 2 is 2.09 bits per heavy atom. The molecule has 1 unspecified atom stereocenters. The molecule has 1 aliphatic rings. The minimum Gasteiger partial charge on any atom is -0.374 e. The second kappa shape index (κ2) is 14.4. The van der Waals surface area contributed by atoms with Gasteiger partial charge >= 0.3 is 0 Å². The Morgan fingerprint density at radius 3 is 2.85 bits per heavy atom. The predicted octanol–water partition coefficient (Wildman–Crippen LogP) is 3.66. The van der Waals surface area contributed by atoms with Crippen molar-refractivity contribution in [2.45, 2.75) is 30.3 Å². The van der Waals surface area contributed by atoms with Crippen LogP contribution in [0.1, 0.15) is 18.2 Å². The highest BCUT2D eigenvalue weighted by molar-refractivity contribution is 8.01. The van der Waals surface area contributed by atoms with E-state index in [9.17, 15) is 9.59 Å². The van der Waals surface area contributed by atoms with E-state index >= 15 is 0 Å². The van der Waals surface area contributed by atoms with Gasteiger partial charge in [-0.05, 0) is 24.6 Å². The third-order valence-electron chi connectivity index (χ3n) is 4.71. The molecule has 3 rings (SSSR count). The number of amides is 2. The lowest BCUT2D eigenvalue weighted by molar-refractivity contribution is -0.121. The van der Waals surface area contributed by atoms with Gasteiger partial charge in [-0.25, -0.2) is 4.98 Å². The van der Waals surface area contributed by atoms with Crippen molar-refractivity contribution in [2.24, 2.45) is 0 Å². The minimum absolute atomic E-state index is 0. The molecule has 12 heteroatoms. The zero-order valence-electron chi connectivity index (χ0n) is 18.1. The van der Waals surface area contributed by atoms with Crippen molar-refractivity contribution in [1.29, 1.82) is 0 Å². The van der Waals surface area contributed by atoms with E-state index in [-0.39, 0.29) is 42.5 Å². The monoisotopic (exact) mass is 552 g/mol. The summed E-state index contributed by atoms with van der Waals surface area (Å²) in [5.41, 5.74) is 1.82. The molecule has 1 fully saturated rings. The number of carbonyl (C=O) groups is 2. The highest BCUT2D eigenvalue weighted by Gasteiger charge is 2.21. The van der Waals surface area contributed by atoms with E-state index in [2.05, 4.69) is 20.5 Å². The second-order valence-electron chi connectivity index (χ2n) is 7.30. The van der Waals surface area contributed by atoms with Gasteiger partial charge in [-0.2, -0.15) is 0 Å². The molecular formula is C21H27Cl3N4O3S2. The summed E-state index contributed by atoms with van der Waals surface area (Å²) in [4.78, 5) is 30.6. The van der Waals surface area contributed by atoms with Crippen LogP contribution in [0.2, 0.25) is 10.0 Å². The second-order valence-corrected chi connectivity index (χ2v) is 10.2. The zero-order valence-corrected chi connectivity index (χ0v) is 22.1. The van der Waals surface area contributed by atoms with Gasteiger partial charge in [-0.1, -0.05) is 41.0 Å². The van der Waals surface area contributed by atoms with Crippen LogP contribution in [0.25, 0.3) is 0 Å². The van der Waals surface area contributed by atoms with Crippen LogP contribution < -0.4 is 10.6 Å². The maximum Gasteiger partial charge on any atom is 0.230 e. The van der Waals surface area contributed by atoms with Crippen LogP contribution in [-0.4, -0.2) is 66.3 Å². The topological polar surface area (TPSA) is 83.6 Å². The lowest BCUT2D eigenvalue weighted by Gasteiger charge is -2.33. The van der Waals surface area contributed by atoms with E-state index < -0.39 is 0 Å². The van der Waals surface area contributed by atoms with Crippen LogP contribution in [0, 0.1) is 0 Å². The van der Waals surface area contributed by atoms with Crippen LogP contribution >= 0.6 is 58.7 Å². The molecule has 1 saturated heterocycles. The molecule has 1 aromatic carbocycles. The number of benzene rings is 1. The number of nitrogens with one attached hydrogen (secondary N) is 2. The molecule has 7 nitrogen and oxygen atoms in total. The molecule has 0 saturated carbocycles. The Labute approximate surface area is 218 Å². The highest BCUT2D eigenvalue weighted by atomic mass is 35.5. The minimum atomic E-state index is -0.0688. The summed E-state index contributed by atoms with van der Waals surface area (Å²) in [6.07, 6.45) is 0.193. The van der Waals surface area contributed by atoms with Gasteiger partial charge in [0.1, 0.15) is 0 Å². The predicted molar refractivity (Wildman–Crippen MR) is 137 cm³/mol. The first-order valence-corrected chi connectivity index (χ1v) is 12.9. The summed E-state index contributed by atoms with van der Waals surface area (Å²) in [7, 11) is 0. The van der Waals surface area contributed by atoms with E-state index in [1.807, 2.05) is 24.4 Å². The largest absolute Gasteiger partial charge is 0.374 e. The van der Waals surface area contributed by atoms with E-state index in [1.165, 1.54) is 23.1 Å². The van der Waals surface area contributed by atoms with Gasteiger partial charge in [-0.3, -0.25) is 14.5 Å². The number of aromatic nitrogens is 1. The van der Waals surface area contributed by atoms with Crippen molar-refractivity contribution in [3.63, 3.8) is 0 Å². The Morgan fingerprint density at radius 1 is 1.27 bits per heavy atom. The fourth-order valence-corrected chi connectivity index (χ4v) is 5.21. The van der Waals surface area contributed by atoms with E-state index in [4.69, 9.17) is 27.9 Å². The van der Waals surface area contributed by atoms with Gasteiger partial charge in [0.2, 0.25) is 11.8 Å². The summed E-state index contributed by atoms with van der Waals surface area (Å²) in [6.45, 7) is 5.85. The first-order valence-electron chi connectivity index (χ1n) is 10.3. The highest BCUT2D eigenvalue weighted by Crippen LogP contribution is 2.24. The number of thioether (sulfide) groups is 1. The van der Waals surface area contributed by atoms with Crippen LogP contribution in [0.15, 0.2) is 27.9 Å². The Bertz CT molecular complexity index is 932. The molecule has 33 heavy (non-hydrogen) atoms. The number of likely N-dealkylation sites (N-methyl/N-ethyl adjacent to an activating group) is 1. The van der Waals surface area contributed by atoms with Crippen molar-refractivity contribution in [3.05, 3.63) is 44.9 Å². The van der Waals surface area contributed by atoms with Crippen LogP contribution in [0.4, 0.5) is 0 Å². The van der Waals surface area contributed by atoms with Crippen molar-refractivity contribution in [3.8, 4) is 0 Å². The lowest BCUT2D eigenvalue weighted by atomic mass is 10.2. The Hall–Kier alpha value is -1.07. The maximum atomic E-state index is 12.3. The third-order valence-corrected chi connectivity index (χ3v) is 7.52. The molecule has 2 N–H and O–H groups in total. The molecule has 0 bridgehead atoms. The number of hydrogen-bond acceptors (Lipinski definition) is 7. The van der Waals surface area contributed by atoms with E-state index in [0.29, 0.717) is 29.7 Å². The average Bonchev–Trinajstić information content (AvgIpc) is 3.21. The number of halogens is 3. The molecule has 2 heterocycles. The van der Waals surface area contributed by atoms with E-state index in [1.54, 1.807) is 6.07 Å². The number of ether oxygens (including phenoxy) is 1. The summed E-state index contributed by atoms with van der Waals surface area (Å²) < 4.78 is 6.58. The van der Waals surface area contributed by atoms with Crippen LogP contribution in [0.5, 0.6) is 0 Å². The average molecular weight is 554 g/mol. The fourth-order valence-electron chi connectivity index (χ4n) is 3.21. The number of carbonyl (C=O) groups excluding carboxylic acids is 2. The number of thiazole rings is 1. The summed E-state index contributed by atoms with van der Waals surface area (Å²) in [6, 6.07) is 5.66. The first kappa shape index (κ1) is 28.2. The van der Waals surface area contributed by atoms with Crippen LogP contribution in [0.3, 0.4) is 0 Å². The summed E-state index contributed by atoms with van der Waals surface area (Å²) in [5.74, 6) is 0.154. The summed E-state index contributed by atoms with van der Waals surface area (Å²) >= 11 is 14.9. The van der Waals surface area contributed by atoms with Gasteiger partial charge in [0.15, 0.2) is 4.34 Å².